The number of piperidine rings is 1. The molecule has 3 fully saturated rings. The van der Waals surface area contributed by atoms with E-state index in [-0.39, 0.29) is 29.3 Å². The van der Waals surface area contributed by atoms with Crippen LogP contribution in [0.25, 0.3) is 0 Å². The summed E-state index contributed by atoms with van der Waals surface area (Å²) in [5.74, 6) is 0.813. The van der Waals surface area contributed by atoms with Gasteiger partial charge in [-0.1, -0.05) is 12.1 Å². The van der Waals surface area contributed by atoms with Gasteiger partial charge < -0.3 is 14.4 Å². The van der Waals surface area contributed by atoms with Crippen LogP contribution >= 0.6 is 0 Å². The van der Waals surface area contributed by atoms with E-state index in [0.717, 1.165) is 25.2 Å². The van der Waals surface area contributed by atoms with Crippen molar-refractivity contribution in [3.05, 3.63) is 29.8 Å². The van der Waals surface area contributed by atoms with Crippen molar-refractivity contribution in [2.24, 2.45) is 5.92 Å². The Hall–Kier alpha value is -2.37. The molecule has 3 aliphatic rings. The zero-order valence-electron chi connectivity index (χ0n) is 15.2. The molecule has 2 aliphatic heterocycles. The Labute approximate surface area is 153 Å². The predicted molar refractivity (Wildman–Crippen MR) is 96.0 cm³/mol. The number of rotatable bonds is 5. The van der Waals surface area contributed by atoms with E-state index in [1.165, 1.54) is 5.56 Å². The highest BCUT2D eigenvalue weighted by Gasteiger charge is 2.61. The van der Waals surface area contributed by atoms with Gasteiger partial charge in [0.1, 0.15) is 11.9 Å². The fraction of sp³-hybridized carbons (Fsp3) is 0.550. The Morgan fingerprint density at radius 1 is 1.19 bits per heavy atom. The lowest BCUT2D eigenvalue weighted by Crippen LogP contribution is -2.30. The van der Waals surface area contributed by atoms with Crippen LogP contribution in [0.5, 0.6) is 0 Å². The van der Waals surface area contributed by atoms with Gasteiger partial charge in [-0.25, -0.2) is 4.79 Å². The van der Waals surface area contributed by atoms with Crippen molar-refractivity contribution in [3.63, 3.8) is 0 Å². The average molecular weight is 356 g/mol. The van der Waals surface area contributed by atoms with Crippen LogP contribution in [0, 0.1) is 5.92 Å². The monoisotopic (exact) mass is 356 g/mol. The first-order chi connectivity index (χ1) is 12.4. The lowest BCUT2D eigenvalue weighted by molar-refractivity contribution is -0.128. The van der Waals surface area contributed by atoms with Crippen molar-refractivity contribution >= 4 is 23.5 Å². The minimum atomic E-state index is -0.350. The fourth-order valence-corrected chi connectivity index (χ4v) is 4.39. The zero-order valence-corrected chi connectivity index (χ0v) is 15.2. The second-order valence-electron chi connectivity index (χ2n) is 7.86. The number of carbonyl (C=O) groups is 3. The molecule has 6 nitrogen and oxygen atoms in total. The molecular weight excluding hydrogens is 332 g/mol. The highest BCUT2D eigenvalue weighted by molar-refractivity contribution is 5.89. The molecule has 1 aromatic carbocycles. The van der Waals surface area contributed by atoms with E-state index in [9.17, 15) is 14.4 Å². The van der Waals surface area contributed by atoms with E-state index < -0.39 is 0 Å². The Kier molecular flexibility index (Phi) is 4.01. The van der Waals surface area contributed by atoms with E-state index in [2.05, 4.69) is 12.1 Å². The van der Waals surface area contributed by atoms with Crippen molar-refractivity contribution in [1.82, 2.24) is 4.90 Å². The number of benzene rings is 1. The maximum Gasteiger partial charge on any atom is 0.414 e. The van der Waals surface area contributed by atoms with Gasteiger partial charge in [0.15, 0.2) is 0 Å². The van der Waals surface area contributed by atoms with Crippen molar-refractivity contribution < 1.29 is 19.1 Å². The fourth-order valence-electron chi connectivity index (χ4n) is 4.39. The predicted octanol–water partition coefficient (Wildman–Crippen LogP) is 2.50. The van der Waals surface area contributed by atoms with Crippen molar-refractivity contribution in [1.29, 1.82) is 0 Å². The number of hydrogen-bond acceptors (Lipinski definition) is 4. The second-order valence-corrected chi connectivity index (χ2v) is 7.86. The topological polar surface area (TPSA) is 66.9 Å². The minimum Gasteiger partial charge on any atom is -0.444 e. The van der Waals surface area contributed by atoms with Crippen molar-refractivity contribution in [2.75, 3.05) is 24.5 Å². The molecule has 1 aromatic rings. The Morgan fingerprint density at radius 3 is 2.54 bits per heavy atom. The van der Waals surface area contributed by atoms with Crippen LogP contribution in [0.1, 0.15) is 38.7 Å². The molecule has 2 heterocycles. The van der Waals surface area contributed by atoms with Gasteiger partial charge in [0, 0.05) is 37.5 Å². The Morgan fingerprint density at radius 2 is 1.92 bits per heavy atom. The van der Waals surface area contributed by atoms with Crippen molar-refractivity contribution in [3.8, 4) is 0 Å². The summed E-state index contributed by atoms with van der Waals surface area (Å²) in [6.07, 6.45) is 1.56. The van der Waals surface area contributed by atoms with Crippen LogP contribution in [0.2, 0.25) is 0 Å². The smallest absolute Gasteiger partial charge is 0.414 e. The number of hydrogen-bond donors (Lipinski definition) is 0. The molecule has 0 bridgehead atoms. The minimum absolute atomic E-state index is 0.110. The molecule has 2 amide bonds. The zero-order chi connectivity index (χ0) is 18.5. The van der Waals surface area contributed by atoms with Gasteiger partial charge in [0.05, 0.1) is 6.54 Å². The summed E-state index contributed by atoms with van der Waals surface area (Å²) >= 11 is 0. The summed E-state index contributed by atoms with van der Waals surface area (Å²) in [6.45, 7) is 5.31. The molecule has 2 saturated heterocycles. The third kappa shape index (κ3) is 2.87. The molecule has 0 radical (unpaired) electrons. The first-order valence-corrected chi connectivity index (χ1v) is 9.23. The Balaban J connectivity index is 1.43. The first-order valence-electron chi connectivity index (χ1n) is 9.23. The summed E-state index contributed by atoms with van der Waals surface area (Å²) in [6, 6.07) is 8.08. The molecule has 0 aromatic heterocycles. The van der Waals surface area contributed by atoms with Crippen LogP contribution in [0.3, 0.4) is 0 Å². The van der Waals surface area contributed by atoms with Crippen LogP contribution in [-0.4, -0.2) is 48.4 Å². The number of ketones is 1. The quantitative estimate of drug-likeness (QED) is 0.813. The molecule has 6 heteroatoms. The van der Waals surface area contributed by atoms with Gasteiger partial charge in [-0.2, -0.15) is 0 Å². The summed E-state index contributed by atoms with van der Waals surface area (Å²) in [5, 5.41) is 0. The van der Waals surface area contributed by atoms with Gasteiger partial charge in [-0.05, 0) is 43.4 Å². The molecule has 2 unspecified atom stereocenters. The number of fused-ring (bicyclic) bond motifs is 1. The molecule has 0 N–H and O–H groups in total. The molecule has 1 aliphatic carbocycles. The summed E-state index contributed by atoms with van der Waals surface area (Å²) in [4.78, 5) is 38.4. The van der Waals surface area contributed by atoms with Crippen LogP contribution in [0.4, 0.5) is 10.5 Å². The number of ether oxygens (including phenoxy) is 1. The molecule has 26 heavy (non-hydrogen) atoms. The highest BCUT2D eigenvalue weighted by atomic mass is 16.6. The number of amides is 2. The van der Waals surface area contributed by atoms with Gasteiger partial charge in [-0.15, -0.1) is 0 Å². The first kappa shape index (κ1) is 17.1. The Bertz CT molecular complexity index is 760. The lowest BCUT2D eigenvalue weighted by atomic mass is 9.94. The van der Waals surface area contributed by atoms with Gasteiger partial charge in [0.2, 0.25) is 5.91 Å². The standard InChI is InChI=1S/C20H24N2O4/c1-13(23)3-8-18-11-22(19(25)26-18)17-6-4-15(5-7-17)20-9-16(20)10-21(12-20)14(2)24/h4-7,16,18H,3,8-12H2,1-2H3/t16?,18-,20?/m0/s1. The molecule has 3 atom stereocenters. The van der Waals surface area contributed by atoms with E-state index in [1.807, 2.05) is 17.0 Å². The van der Waals surface area contributed by atoms with Crippen molar-refractivity contribution in [2.45, 2.75) is 44.6 Å². The van der Waals surface area contributed by atoms with Crippen LogP contribution < -0.4 is 4.90 Å². The van der Waals surface area contributed by atoms with Crippen LogP contribution in [-0.2, 0) is 19.7 Å². The number of Topliss-reactive ketones (excluding diaryl/α,β-unsaturated/α-hetero) is 1. The van der Waals surface area contributed by atoms with E-state index in [1.54, 1.807) is 18.7 Å². The third-order valence-corrected chi connectivity index (χ3v) is 6.04. The second kappa shape index (κ2) is 6.11. The van der Waals surface area contributed by atoms with E-state index >= 15 is 0 Å². The normalized spacial score (nSPS) is 29.5. The molecular formula is C20H24N2O4. The van der Waals surface area contributed by atoms with Gasteiger partial charge >= 0.3 is 6.09 Å². The number of likely N-dealkylation sites (tertiary alicyclic amines) is 1. The highest BCUT2D eigenvalue weighted by Crippen LogP contribution is 2.59. The molecule has 0 spiro atoms. The summed E-state index contributed by atoms with van der Waals surface area (Å²) in [5.41, 5.74) is 2.18. The summed E-state index contributed by atoms with van der Waals surface area (Å²) in [7, 11) is 0. The summed E-state index contributed by atoms with van der Waals surface area (Å²) < 4.78 is 5.37. The van der Waals surface area contributed by atoms with Gasteiger partial charge in [0.25, 0.3) is 0 Å². The number of anilines is 1. The maximum absolute atomic E-state index is 12.1. The number of cyclic esters (lactones) is 1. The molecule has 4 rings (SSSR count). The third-order valence-electron chi connectivity index (χ3n) is 6.04. The molecule has 138 valence electrons. The maximum atomic E-state index is 12.1. The van der Waals surface area contributed by atoms with Gasteiger partial charge in [-0.3, -0.25) is 9.69 Å². The largest absolute Gasteiger partial charge is 0.444 e. The lowest BCUT2D eigenvalue weighted by Gasteiger charge is -2.20. The van der Waals surface area contributed by atoms with E-state index in [4.69, 9.17) is 4.74 Å². The van der Waals surface area contributed by atoms with Crippen LogP contribution in [0.15, 0.2) is 24.3 Å². The average Bonchev–Trinajstić information content (AvgIpc) is 2.98. The number of carbonyl (C=O) groups excluding carboxylic acids is 3. The SMILES string of the molecule is CC(=O)CC[C@H]1CN(c2ccc(C34CC3CN(C(C)=O)C4)cc2)C(=O)O1. The van der Waals surface area contributed by atoms with E-state index in [0.29, 0.717) is 25.3 Å². The molecule has 1 saturated carbocycles. The number of nitrogens with zero attached hydrogens (tertiary/aromatic N) is 2.